The van der Waals surface area contributed by atoms with Crippen molar-refractivity contribution in [1.82, 2.24) is 20.1 Å². The third-order valence-electron chi connectivity index (χ3n) is 4.55. The van der Waals surface area contributed by atoms with E-state index >= 15 is 0 Å². The number of aromatic nitrogens is 3. The molecule has 0 aliphatic rings. The molecule has 0 saturated heterocycles. The van der Waals surface area contributed by atoms with Gasteiger partial charge in [0.15, 0.2) is 16.7 Å². The molecule has 0 radical (unpaired) electrons. The number of hydrogen-bond donors (Lipinski definition) is 1. The van der Waals surface area contributed by atoms with Gasteiger partial charge in [-0.1, -0.05) is 65.8 Å². The molecular weight excluding hydrogens is 420 g/mol. The maximum absolute atomic E-state index is 12.8. The Morgan fingerprint density at radius 2 is 1.80 bits per heavy atom. The molecule has 0 aliphatic heterocycles. The summed E-state index contributed by atoms with van der Waals surface area (Å²) in [5.74, 6) is 1.35. The summed E-state index contributed by atoms with van der Waals surface area (Å²) in [5.41, 5.74) is 1.96. The zero-order chi connectivity index (χ0) is 20.9. The van der Waals surface area contributed by atoms with Crippen molar-refractivity contribution >= 4 is 29.3 Å². The molecule has 6 nitrogen and oxygen atoms in total. The van der Waals surface area contributed by atoms with Gasteiger partial charge in [-0.25, -0.2) is 0 Å². The average Bonchev–Trinajstić information content (AvgIpc) is 3.42. The molecule has 1 unspecified atom stereocenters. The third-order valence-corrected chi connectivity index (χ3v) is 5.82. The highest BCUT2D eigenvalue weighted by atomic mass is 35.5. The molecule has 4 aromatic rings. The summed E-state index contributed by atoms with van der Waals surface area (Å²) in [7, 11) is 1.85. The minimum atomic E-state index is -0.269. The van der Waals surface area contributed by atoms with Gasteiger partial charge in [0.25, 0.3) is 0 Å². The number of nitrogens with zero attached hydrogens (tertiary/aromatic N) is 3. The van der Waals surface area contributed by atoms with Gasteiger partial charge in [0, 0.05) is 12.1 Å². The monoisotopic (exact) mass is 438 g/mol. The van der Waals surface area contributed by atoms with Gasteiger partial charge in [0.1, 0.15) is 0 Å². The van der Waals surface area contributed by atoms with E-state index in [4.69, 9.17) is 16.0 Å². The van der Waals surface area contributed by atoms with Crippen LogP contribution in [0.4, 0.5) is 0 Å². The number of carbonyl (C=O) groups is 1. The van der Waals surface area contributed by atoms with Gasteiger partial charge in [0.2, 0.25) is 5.91 Å². The first kappa shape index (κ1) is 20.3. The van der Waals surface area contributed by atoms with Crippen molar-refractivity contribution in [1.29, 1.82) is 0 Å². The van der Waals surface area contributed by atoms with Crippen LogP contribution in [0.5, 0.6) is 0 Å². The minimum Gasteiger partial charge on any atom is -0.461 e. The van der Waals surface area contributed by atoms with E-state index in [0.717, 1.165) is 11.1 Å². The van der Waals surface area contributed by atoms with Crippen molar-refractivity contribution in [2.24, 2.45) is 7.05 Å². The zero-order valence-electron chi connectivity index (χ0n) is 16.2. The maximum Gasteiger partial charge on any atom is 0.231 e. The van der Waals surface area contributed by atoms with E-state index in [1.165, 1.54) is 11.8 Å². The molecule has 152 valence electrons. The van der Waals surface area contributed by atoms with Crippen LogP contribution in [-0.2, 0) is 11.8 Å². The fourth-order valence-electron chi connectivity index (χ4n) is 3.05. The van der Waals surface area contributed by atoms with Crippen molar-refractivity contribution in [3.05, 3.63) is 89.1 Å². The molecule has 0 fully saturated rings. The molecular formula is C22H19ClN4O2S. The Balaban J connectivity index is 1.46. The Morgan fingerprint density at radius 3 is 2.50 bits per heavy atom. The van der Waals surface area contributed by atoms with Crippen LogP contribution >= 0.6 is 23.4 Å². The summed E-state index contributed by atoms with van der Waals surface area (Å²) in [6.07, 6.45) is 1.59. The second-order valence-corrected chi connectivity index (χ2v) is 7.97. The second kappa shape index (κ2) is 9.19. The largest absolute Gasteiger partial charge is 0.461 e. The van der Waals surface area contributed by atoms with Gasteiger partial charge in [-0.2, -0.15) is 0 Å². The van der Waals surface area contributed by atoms with Crippen LogP contribution in [0.2, 0.25) is 5.02 Å². The molecule has 8 heteroatoms. The van der Waals surface area contributed by atoms with E-state index in [2.05, 4.69) is 15.5 Å². The number of benzene rings is 2. The van der Waals surface area contributed by atoms with Crippen LogP contribution in [0, 0.1) is 0 Å². The molecule has 0 aliphatic carbocycles. The summed E-state index contributed by atoms with van der Waals surface area (Å²) in [5, 5.41) is 12.7. The second-order valence-electron chi connectivity index (χ2n) is 6.59. The van der Waals surface area contributed by atoms with Crippen molar-refractivity contribution in [3.63, 3.8) is 0 Å². The first-order valence-electron chi connectivity index (χ1n) is 9.27. The Bertz CT molecular complexity index is 1110. The van der Waals surface area contributed by atoms with Gasteiger partial charge in [-0.3, -0.25) is 4.79 Å². The van der Waals surface area contributed by atoms with Crippen LogP contribution in [0.25, 0.3) is 11.6 Å². The number of furan rings is 1. The number of carbonyl (C=O) groups excluding carboxylic acids is 1. The number of thioether (sulfide) groups is 1. The van der Waals surface area contributed by atoms with Gasteiger partial charge in [-0.05, 0) is 35.4 Å². The van der Waals surface area contributed by atoms with Gasteiger partial charge >= 0.3 is 0 Å². The Hall–Kier alpha value is -3.03. The average molecular weight is 439 g/mol. The number of amides is 1. The fourth-order valence-corrected chi connectivity index (χ4v) is 3.90. The van der Waals surface area contributed by atoms with Crippen molar-refractivity contribution < 1.29 is 9.21 Å². The highest BCUT2D eigenvalue weighted by Crippen LogP contribution is 2.25. The van der Waals surface area contributed by atoms with E-state index in [1.807, 2.05) is 72.3 Å². The van der Waals surface area contributed by atoms with Crippen molar-refractivity contribution in [3.8, 4) is 11.6 Å². The van der Waals surface area contributed by atoms with Crippen LogP contribution in [-0.4, -0.2) is 26.4 Å². The lowest BCUT2D eigenvalue weighted by Gasteiger charge is -2.20. The lowest BCUT2D eigenvalue weighted by molar-refractivity contribution is -0.119. The maximum atomic E-state index is 12.8. The predicted octanol–water partition coefficient (Wildman–Crippen LogP) is 4.73. The van der Waals surface area contributed by atoms with Crippen molar-refractivity contribution in [2.45, 2.75) is 11.2 Å². The summed E-state index contributed by atoms with van der Waals surface area (Å²) in [6, 6.07) is 20.7. The molecule has 2 aromatic heterocycles. The number of hydrogen-bond acceptors (Lipinski definition) is 5. The molecule has 4 rings (SSSR count). The first-order valence-corrected chi connectivity index (χ1v) is 10.6. The molecule has 0 saturated carbocycles. The topological polar surface area (TPSA) is 73.0 Å². The SMILES string of the molecule is Cn1c(SCC(=O)NC(c2ccccc2)c2ccc(Cl)cc2)nnc1-c1ccco1. The highest BCUT2D eigenvalue weighted by molar-refractivity contribution is 7.99. The van der Waals surface area contributed by atoms with Crippen LogP contribution < -0.4 is 5.32 Å². The van der Waals surface area contributed by atoms with Crippen LogP contribution in [0.1, 0.15) is 17.2 Å². The fraction of sp³-hybridized carbons (Fsp3) is 0.136. The molecule has 2 aromatic carbocycles. The lowest BCUT2D eigenvalue weighted by atomic mass is 9.99. The van der Waals surface area contributed by atoms with E-state index in [9.17, 15) is 4.79 Å². The number of halogens is 1. The summed E-state index contributed by atoms with van der Waals surface area (Å²) < 4.78 is 7.19. The van der Waals surface area contributed by atoms with Crippen LogP contribution in [0.15, 0.2) is 82.6 Å². The first-order chi connectivity index (χ1) is 14.6. The smallest absolute Gasteiger partial charge is 0.231 e. The molecule has 0 bridgehead atoms. The molecule has 30 heavy (non-hydrogen) atoms. The third kappa shape index (κ3) is 4.58. The molecule has 1 amide bonds. The van der Waals surface area contributed by atoms with Gasteiger partial charge in [0.05, 0.1) is 18.1 Å². The number of nitrogens with one attached hydrogen (secondary N) is 1. The Kier molecular flexibility index (Phi) is 6.21. The molecule has 0 spiro atoms. The molecule has 1 atom stereocenters. The Labute approximate surface area is 183 Å². The van der Waals surface area contributed by atoms with Gasteiger partial charge in [-0.15, -0.1) is 10.2 Å². The van der Waals surface area contributed by atoms with E-state index in [0.29, 0.717) is 21.8 Å². The zero-order valence-corrected chi connectivity index (χ0v) is 17.7. The van der Waals surface area contributed by atoms with Crippen molar-refractivity contribution in [2.75, 3.05) is 5.75 Å². The van der Waals surface area contributed by atoms with E-state index in [1.54, 1.807) is 12.3 Å². The standard InChI is InChI=1S/C22H19ClN4O2S/c1-27-21(18-8-5-13-29-18)25-26-22(27)30-14-19(28)24-20(15-6-3-2-4-7-15)16-9-11-17(23)12-10-16/h2-13,20H,14H2,1H3,(H,24,28). The van der Waals surface area contributed by atoms with Crippen LogP contribution in [0.3, 0.4) is 0 Å². The van der Waals surface area contributed by atoms with E-state index in [-0.39, 0.29) is 17.7 Å². The molecule has 2 heterocycles. The summed E-state index contributed by atoms with van der Waals surface area (Å²) in [4.78, 5) is 12.8. The minimum absolute atomic E-state index is 0.105. The normalized spacial score (nSPS) is 11.9. The van der Waals surface area contributed by atoms with Gasteiger partial charge < -0.3 is 14.3 Å². The predicted molar refractivity (Wildman–Crippen MR) is 117 cm³/mol. The lowest BCUT2D eigenvalue weighted by Crippen LogP contribution is -2.30. The molecule has 1 N–H and O–H groups in total. The quantitative estimate of drug-likeness (QED) is 0.422. The summed E-state index contributed by atoms with van der Waals surface area (Å²) in [6.45, 7) is 0. The Morgan fingerprint density at radius 1 is 1.07 bits per heavy atom. The highest BCUT2D eigenvalue weighted by Gasteiger charge is 2.19. The van der Waals surface area contributed by atoms with E-state index < -0.39 is 0 Å². The summed E-state index contributed by atoms with van der Waals surface area (Å²) >= 11 is 7.35. The number of rotatable bonds is 7.